The molecular weight excluding hydrogens is 232 g/mol. The third-order valence-electron chi connectivity index (χ3n) is 4.02. The van der Waals surface area contributed by atoms with Crippen molar-refractivity contribution in [2.24, 2.45) is 5.92 Å². The van der Waals surface area contributed by atoms with E-state index in [0.717, 1.165) is 18.5 Å². The van der Waals surface area contributed by atoms with Crippen LogP contribution in [0, 0.1) is 5.92 Å². The van der Waals surface area contributed by atoms with E-state index in [1.807, 2.05) is 0 Å². The van der Waals surface area contributed by atoms with Gasteiger partial charge in [0.15, 0.2) is 0 Å². The second-order valence-electron chi connectivity index (χ2n) is 6.16. The van der Waals surface area contributed by atoms with E-state index < -0.39 is 0 Å². The van der Waals surface area contributed by atoms with Gasteiger partial charge < -0.3 is 5.32 Å². The van der Waals surface area contributed by atoms with E-state index in [0.29, 0.717) is 6.04 Å². The van der Waals surface area contributed by atoms with Crippen LogP contribution >= 0.6 is 0 Å². The van der Waals surface area contributed by atoms with Crippen LogP contribution in [-0.4, -0.2) is 31.1 Å². The highest BCUT2D eigenvalue weighted by molar-refractivity contribution is 5.19. The van der Waals surface area contributed by atoms with Crippen LogP contribution in [0.1, 0.15) is 44.7 Å². The molecule has 1 aromatic carbocycles. The molecule has 1 aliphatic rings. The molecule has 2 nitrogen and oxygen atoms in total. The molecule has 0 spiro atoms. The van der Waals surface area contributed by atoms with E-state index in [1.54, 1.807) is 0 Å². The molecular formula is C17H28N2. The van der Waals surface area contributed by atoms with E-state index in [2.05, 4.69) is 61.4 Å². The fraction of sp³-hybridized carbons (Fsp3) is 0.647. The largest absolute Gasteiger partial charge is 0.312 e. The maximum Gasteiger partial charge on any atom is 0.0446 e. The lowest BCUT2D eigenvalue weighted by molar-refractivity contribution is 0.224. The second-order valence-corrected chi connectivity index (χ2v) is 6.16. The molecule has 106 valence electrons. The lowest BCUT2D eigenvalue weighted by atomic mass is 10.1. The van der Waals surface area contributed by atoms with Gasteiger partial charge in [0, 0.05) is 18.6 Å². The van der Waals surface area contributed by atoms with Crippen molar-refractivity contribution in [3.8, 4) is 0 Å². The Hall–Kier alpha value is -0.860. The molecule has 1 N–H and O–H groups in total. The van der Waals surface area contributed by atoms with E-state index in [4.69, 9.17) is 0 Å². The summed E-state index contributed by atoms with van der Waals surface area (Å²) in [6.45, 7) is 7.01. The van der Waals surface area contributed by atoms with Crippen molar-refractivity contribution >= 4 is 0 Å². The molecule has 1 aromatic rings. The van der Waals surface area contributed by atoms with Gasteiger partial charge in [0.25, 0.3) is 0 Å². The third kappa shape index (κ3) is 4.63. The second kappa shape index (κ2) is 7.06. The Labute approximate surface area is 118 Å². The first-order valence-electron chi connectivity index (χ1n) is 7.67. The Bertz CT molecular complexity index is 357. The summed E-state index contributed by atoms with van der Waals surface area (Å²) in [5, 5.41) is 3.48. The minimum Gasteiger partial charge on any atom is -0.312 e. The molecule has 1 aliphatic carbocycles. The average Bonchev–Trinajstić information content (AvgIpc) is 3.24. The standard InChI is InChI=1S/C17H28N2/c1-14(2)11-12-19(16-9-10-16)13-17(18-3)15-7-5-4-6-8-15/h4-8,14,16-18H,9-13H2,1-3H3. The minimum absolute atomic E-state index is 0.453. The van der Waals surface area contributed by atoms with Crippen molar-refractivity contribution in [1.82, 2.24) is 10.2 Å². The quantitative estimate of drug-likeness (QED) is 0.770. The molecule has 0 amide bonds. The topological polar surface area (TPSA) is 15.3 Å². The highest BCUT2D eigenvalue weighted by atomic mass is 15.2. The summed E-state index contributed by atoms with van der Waals surface area (Å²) < 4.78 is 0. The highest BCUT2D eigenvalue weighted by Gasteiger charge is 2.30. The first kappa shape index (κ1) is 14.5. The van der Waals surface area contributed by atoms with Gasteiger partial charge in [0.1, 0.15) is 0 Å². The van der Waals surface area contributed by atoms with Crippen molar-refractivity contribution in [3.05, 3.63) is 35.9 Å². The van der Waals surface area contributed by atoms with Crippen molar-refractivity contribution in [2.75, 3.05) is 20.1 Å². The zero-order valence-electron chi connectivity index (χ0n) is 12.6. The smallest absolute Gasteiger partial charge is 0.0446 e. The summed E-state index contributed by atoms with van der Waals surface area (Å²) in [5.41, 5.74) is 1.40. The van der Waals surface area contributed by atoms with Crippen LogP contribution in [0.25, 0.3) is 0 Å². The van der Waals surface area contributed by atoms with Gasteiger partial charge in [0.2, 0.25) is 0 Å². The first-order chi connectivity index (χ1) is 9.20. The number of rotatable bonds is 8. The number of benzene rings is 1. The number of hydrogen-bond donors (Lipinski definition) is 1. The third-order valence-corrected chi connectivity index (χ3v) is 4.02. The lowest BCUT2D eigenvalue weighted by Gasteiger charge is -2.28. The first-order valence-corrected chi connectivity index (χ1v) is 7.67. The van der Waals surface area contributed by atoms with Gasteiger partial charge in [-0.05, 0) is 44.3 Å². The van der Waals surface area contributed by atoms with Crippen LogP contribution < -0.4 is 5.32 Å². The Morgan fingerprint density at radius 2 is 1.89 bits per heavy atom. The summed E-state index contributed by atoms with van der Waals surface area (Å²) >= 11 is 0. The summed E-state index contributed by atoms with van der Waals surface area (Å²) in [5.74, 6) is 0.797. The molecule has 1 saturated carbocycles. The Kier molecular flexibility index (Phi) is 5.41. The fourth-order valence-electron chi connectivity index (χ4n) is 2.57. The maximum absolute atomic E-state index is 3.48. The fourth-order valence-corrected chi connectivity index (χ4v) is 2.57. The Morgan fingerprint density at radius 3 is 2.42 bits per heavy atom. The molecule has 1 unspecified atom stereocenters. The average molecular weight is 260 g/mol. The van der Waals surface area contributed by atoms with Gasteiger partial charge in [0.05, 0.1) is 0 Å². The predicted molar refractivity (Wildman–Crippen MR) is 82.3 cm³/mol. The zero-order valence-corrected chi connectivity index (χ0v) is 12.6. The zero-order chi connectivity index (χ0) is 13.7. The number of nitrogens with one attached hydrogen (secondary N) is 1. The van der Waals surface area contributed by atoms with E-state index in [1.165, 1.54) is 31.4 Å². The molecule has 2 heteroatoms. The van der Waals surface area contributed by atoms with Crippen LogP contribution in [0.2, 0.25) is 0 Å². The molecule has 0 heterocycles. The molecule has 19 heavy (non-hydrogen) atoms. The molecule has 0 aliphatic heterocycles. The van der Waals surface area contributed by atoms with Crippen LogP contribution in [0.3, 0.4) is 0 Å². The molecule has 2 rings (SSSR count). The Balaban J connectivity index is 1.94. The van der Waals surface area contributed by atoms with E-state index >= 15 is 0 Å². The van der Waals surface area contributed by atoms with Crippen LogP contribution in [0.15, 0.2) is 30.3 Å². The van der Waals surface area contributed by atoms with Crippen LogP contribution in [0.4, 0.5) is 0 Å². The Morgan fingerprint density at radius 1 is 1.21 bits per heavy atom. The van der Waals surface area contributed by atoms with Gasteiger partial charge in [-0.15, -0.1) is 0 Å². The monoisotopic (exact) mass is 260 g/mol. The summed E-state index contributed by atoms with van der Waals surface area (Å²) in [6.07, 6.45) is 4.09. The highest BCUT2D eigenvalue weighted by Crippen LogP contribution is 2.29. The molecule has 0 radical (unpaired) electrons. The maximum atomic E-state index is 3.48. The van der Waals surface area contributed by atoms with Gasteiger partial charge >= 0.3 is 0 Å². The van der Waals surface area contributed by atoms with E-state index in [-0.39, 0.29) is 0 Å². The summed E-state index contributed by atoms with van der Waals surface area (Å²) in [4.78, 5) is 2.69. The number of hydrogen-bond acceptors (Lipinski definition) is 2. The van der Waals surface area contributed by atoms with Gasteiger partial charge in [-0.25, -0.2) is 0 Å². The van der Waals surface area contributed by atoms with Gasteiger partial charge in [-0.3, -0.25) is 4.90 Å². The van der Waals surface area contributed by atoms with E-state index in [9.17, 15) is 0 Å². The van der Waals surface area contributed by atoms with Gasteiger partial charge in [-0.1, -0.05) is 44.2 Å². The van der Waals surface area contributed by atoms with Gasteiger partial charge in [-0.2, -0.15) is 0 Å². The number of nitrogens with zero attached hydrogens (tertiary/aromatic N) is 1. The predicted octanol–water partition coefficient (Wildman–Crippen LogP) is 3.46. The summed E-state index contributed by atoms with van der Waals surface area (Å²) in [6, 6.07) is 12.1. The van der Waals surface area contributed by atoms with Crippen LogP contribution in [-0.2, 0) is 0 Å². The SMILES string of the molecule is CNC(CN(CCC(C)C)C1CC1)c1ccccc1. The lowest BCUT2D eigenvalue weighted by Crippen LogP contribution is -2.36. The minimum atomic E-state index is 0.453. The molecule has 1 atom stereocenters. The van der Waals surface area contributed by atoms with Crippen molar-refractivity contribution in [2.45, 2.75) is 45.2 Å². The normalized spacial score (nSPS) is 17.1. The van der Waals surface area contributed by atoms with Crippen molar-refractivity contribution in [3.63, 3.8) is 0 Å². The van der Waals surface area contributed by atoms with Crippen molar-refractivity contribution < 1.29 is 0 Å². The van der Waals surface area contributed by atoms with Crippen LogP contribution in [0.5, 0.6) is 0 Å². The molecule has 1 fully saturated rings. The molecule has 0 aromatic heterocycles. The number of likely N-dealkylation sites (N-methyl/N-ethyl adjacent to an activating group) is 1. The molecule has 0 saturated heterocycles. The summed E-state index contributed by atoms with van der Waals surface area (Å²) in [7, 11) is 2.07. The van der Waals surface area contributed by atoms with Crippen molar-refractivity contribution in [1.29, 1.82) is 0 Å². The molecule has 0 bridgehead atoms.